The zero-order chi connectivity index (χ0) is 18.4. The van der Waals surface area contributed by atoms with Crippen molar-refractivity contribution in [3.63, 3.8) is 0 Å². The maximum absolute atomic E-state index is 12.5. The van der Waals surface area contributed by atoms with Gasteiger partial charge in [0.2, 0.25) is 5.91 Å². The molecule has 0 saturated heterocycles. The normalized spacial score (nSPS) is 11.9. The maximum atomic E-state index is 12.5. The monoisotopic (exact) mass is 367 g/mol. The highest BCUT2D eigenvalue weighted by Gasteiger charge is 2.15. The van der Waals surface area contributed by atoms with Crippen molar-refractivity contribution in [3.8, 4) is 0 Å². The summed E-state index contributed by atoms with van der Waals surface area (Å²) in [5.41, 5.74) is 3.30. The first-order chi connectivity index (χ1) is 12.6. The molecule has 134 valence electrons. The summed E-state index contributed by atoms with van der Waals surface area (Å²) >= 11 is 5.97. The van der Waals surface area contributed by atoms with E-state index in [2.05, 4.69) is 10.4 Å². The molecule has 0 aliphatic heterocycles. The standard InChI is InChI=1S/C21H22ClN3O/c1-25-15-17(14-23-25)9-12-21(26)24-20(18-5-3-2-4-6-18)13-16-7-10-19(22)11-8-16/h2-8,10-11,14-15,20H,9,12-13H2,1H3,(H,24,26). The van der Waals surface area contributed by atoms with Crippen LogP contribution in [0.2, 0.25) is 5.02 Å². The van der Waals surface area contributed by atoms with Crippen LogP contribution in [0.5, 0.6) is 0 Å². The van der Waals surface area contributed by atoms with Crippen molar-refractivity contribution in [1.29, 1.82) is 0 Å². The number of halogens is 1. The fourth-order valence-electron chi connectivity index (χ4n) is 2.92. The third-order valence-corrected chi connectivity index (χ3v) is 4.54. The number of carbonyl (C=O) groups excluding carboxylic acids is 1. The topological polar surface area (TPSA) is 46.9 Å². The predicted molar refractivity (Wildman–Crippen MR) is 104 cm³/mol. The highest BCUT2D eigenvalue weighted by Crippen LogP contribution is 2.20. The molecular formula is C21H22ClN3O. The van der Waals surface area contributed by atoms with Crippen molar-refractivity contribution < 1.29 is 4.79 Å². The van der Waals surface area contributed by atoms with Gasteiger partial charge in [0.1, 0.15) is 0 Å². The lowest BCUT2D eigenvalue weighted by molar-refractivity contribution is -0.121. The second-order valence-corrected chi connectivity index (χ2v) is 6.82. The van der Waals surface area contributed by atoms with Crippen LogP contribution in [0.15, 0.2) is 67.0 Å². The van der Waals surface area contributed by atoms with Crippen molar-refractivity contribution in [2.24, 2.45) is 7.05 Å². The molecule has 26 heavy (non-hydrogen) atoms. The maximum Gasteiger partial charge on any atom is 0.220 e. The zero-order valence-corrected chi connectivity index (χ0v) is 15.5. The molecule has 1 unspecified atom stereocenters. The molecule has 3 rings (SSSR count). The Bertz CT molecular complexity index is 843. The van der Waals surface area contributed by atoms with E-state index >= 15 is 0 Å². The number of carbonyl (C=O) groups is 1. The Morgan fingerprint density at radius 1 is 1.12 bits per heavy atom. The van der Waals surface area contributed by atoms with Crippen molar-refractivity contribution in [3.05, 3.63) is 88.7 Å². The Kier molecular flexibility index (Phi) is 6.08. The first-order valence-corrected chi connectivity index (χ1v) is 9.04. The molecule has 0 bridgehead atoms. The fourth-order valence-corrected chi connectivity index (χ4v) is 3.05. The second kappa shape index (κ2) is 8.68. The summed E-state index contributed by atoms with van der Waals surface area (Å²) in [6.45, 7) is 0. The minimum Gasteiger partial charge on any atom is -0.349 e. The minimum atomic E-state index is -0.0706. The summed E-state index contributed by atoms with van der Waals surface area (Å²) in [7, 11) is 1.88. The lowest BCUT2D eigenvalue weighted by Crippen LogP contribution is -2.30. The van der Waals surface area contributed by atoms with Crippen LogP contribution in [0.25, 0.3) is 0 Å². The molecule has 1 N–H and O–H groups in total. The summed E-state index contributed by atoms with van der Waals surface area (Å²) in [6.07, 6.45) is 5.59. The van der Waals surface area contributed by atoms with Gasteiger partial charge >= 0.3 is 0 Å². The molecule has 1 heterocycles. The summed E-state index contributed by atoms with van der Waals surface area (Å²) in [4.78, 5) is 12.5. The molecule has 1 amide bonds. The molecule has 5 heteroatoms. The van der Waals surface area contributed by atoms with Gasteiger partial charge in [-0.25, -0.2) is 0 Å². The van der Waals surface area contributed by atoms with Crippen LogP contribution in [-0.2, 0) is 24.7 Å². The van der Waals surface area contributed by atoms with Crippen molar-refractivity contribution in [2.45, 2.75) is 25.3 Å². The van der Waals surface area contributed by atoms with Crippen LogP contribution in [0, 0.1) is 0 Å². The third kappa shape index (κ3) is 5.20. The molecule has 0 aliphatic rings. The molecule has 1 atom stereocenters. The molecule has 2 aromatic carbocycles. The first-order valence-electron chi connectivity index (χ1n) is 8.66. The van der Waals surface area contributed by atoms with Gasteiger partial charge in [0, 0.05) is 24.7 Å². The number of nitrogens with one attached hydrogen (secondary N) is 1. The van der Waals surface area contributed by atoms with Gasteiger partial charge in [-0.05, 0) is 41.7 Å². The van der Waals surface area contributed by atoms with E-state index in [1.165, 1.54) is 0 Å². The van der Waals surface area contributed by atoms with Crippen molar-refractivity contribution >= 4 is 17.5 Å². The molecule has 3 aromatic rings. The number of aromatic nitrogens is 2. The second-order valence-electron chi connectivity index (χ2n) is 6.38. The molecule has 1 aromatic heterocycles. The first kappa shape index (κ1) is 18.2. The number of benzene rings is 2. The highest BCUT2D eigenvalue weighted by molar-refractivity contribution is 6.30. The Morgan fingerprint density at radius 2 is 1.85 bits per heavy atom. The van der Waals surface area contributed by atoms with E-state index in [-0.39, 0.29) is 11.9 Å². The zero-order valence-electron chi connectivity index (χ0n) is 14.7. The number of hydrogen-bond acceptors (Lipinski definition) is 2. The Hall–Kier alpha value is -2.59. The van der Waals surface area contributed by atoms with Crippen LogP contribution in [-0.4, -0.2) is 15.7 Å². The molecule has 0 spiro atoms. The molecule has 0 saturated carbocycles. The van der Waals surface area contributed by atoms with E-state index in [0.717, 1.165) is 23.1 Å². The number of aryl methyl sites for hydroxylation is 2. The Balaban J connectivity index is 1.66. The van der Waals surface area contributed by atoms with E-state index in [4.69, 9.17) is 11.6 Å². The summed E-state index contributed by atoms with van der Waals surface area (Å²) in [6, 6.07) is 17.7. The van der Waals surface area contributed by atoms with Gasteiger partial charge in [0.25, 0.3) is 0 Å². The van der Waals surface area contributed by atoms with E-state index in [0.29, 0.717) is 17.9 Å². The summed E-state index contributed by atoms with van der Waals surface area (Å²) < 4.78 is 1.75. The van der Waals surface area contributed by atoms with E-state index < -0.39 is 0 Å². The van der Waals surface area contributed by atoms with Crippen LogP contribution in [0.4, 0.5) is 0 Å². The van der Waals surface area contributed by atoms with E-state index in [1.807, 2.05) is 67.8 Å². The van der Waals surface area contributed by atoms with E-state index in [9.17, 15) is 4.79 Å². The third-order valence-electron chi connectivity index (χ3n) is 4.29. The largest absolute Gasteiger partial charge is 0.349 e. The number of amides is 1. The lowest BCUT2D eigenvalue weighted by Gasteiger charge is -2.19. The predicted octanol–water partition coefficient (Wildman–Crippen LogP) is 4.11. The van der Waals surface area contributed by atoms with Crippen LogP contribution >= 0.6 is 11.6 Å². The van der Waals surface area contributed by atoms with Gasteiger partial charge in [-0.2, -0.15) is 5.10 Å². The SMILES string of the molecule is Cn1cc(CCC(=O)NC(Cc2ccc(Cl)cc2)c2ccccc2)cn1. The molecule has 4 nitrogen and oxygen atoms in total. The van der Waals surface area contributed by atoms with Crippen LogP contribution < -0.4 is 5.32 Å². The summed E-state index contributed by atoms with van der Waals surface area (Å²) in [5, 5.41) is 8.03. The number of nitrogens with zero attached hydrogens (tertiary/aromatic N) is 2. The average Bonchev–Trinajstić information content (AvgIpc) is 3.07. The van der Waals surface area contributed by atoms with Crippen molar-refractivity contribution in [2.75, 3.05) is 0 Å². The van der Waals surface area contributed by atoms with Crippen LogP contribution in [0.1, 0.15) is 29.2 Å². The molecule has 0 radical (unpaired) electrons. The molecular weight excluding hydrogens is 346 g/mol. The van der Waals surface area contributed by atoms with E-state index in [1.54, 1.807) is 10.9 Å². The van der Waals surface area contributed by atoms with Gasteiger partial charge in [-0.15, -0.1) is 0 Å². The van der Waals surface area contributed by atoms with Crippen LogP contribution in [0.3, 0.4) is 0 Å². The fraction of sp³-hybridized carbons (Fsp3) is 0.238. The Labute approximate surface area is 158 Å². The smallest absolute Gasteiger partial charge is 0.220 e. The number of rotatable bonds is 7. The lowest BCUT2D eigenvalue weighted by atomic mass is 9.98. The van der Waals surface area contributed by atoms with Crippen molar-refractivity contribution in [1.82, 2.24) is 15.1 Å². The summed E-state index contributed by atoms with van der Waals surface area (Å²) in [5.74, 6) is 0.0386. The van der Waals surface area contributed by atoms with Gasteiger partial charge in [-0.3, -0.25) is 9.48 Å². The van der Waals surface area contributed by atoms with Gasteiger partial charge in [-0.1, -0.05) is 54.1 Å². The quantitative estimate of drug-likeness (QED) is 0.683. The molecule has 0 aliphatic carbocycles. The van der Waals surface area contributed by atoms with Gasteiger partial charge in [0.05, 0.1) is 12.2 Å². The Morgan fingerprint density at radius 3 is 2.50 bits per heavy atom. The minimum absolute atomic E-state index is 0.0386. The van der Waals surface area contributed by atoms with Gasteiger partial charge < -0.3 is 5.32 Å². The average molecular weight is 368 g/mol. The van der Waals surface area contributed by atoms with Gasteiger partial charge in [0.15, 0.2) is 0 Å². The number of hydrogen-bond donors (Lipinski definition) is 1. The highest BCUT2D eigenvalue weighted by atomic mass is 35.5. The molecule has 0 fully saturated rings.